The first-order valence-electron chi connectivity index (χ1n) is 10.7. The van der Waals surface area contributed by atoms with Crippen LogP contribution < -0.4 is 5.32 Å². The zero-order chi connectivity index (χ0) is 24.9. The topological polar surface area (TPSA) is 105 Å². The lowest BCUT2D eigenvalue weighted by Crippen LogP contribution is -2.16. The molecule has 0 aliphatic rings. The largest absolute Gasteiger partial charge is 0.481 e. The van der Waals surface area contributed by atoms with Crippen LogP contribution in [0.4, 0.5) is 18.9 Å². The minimum absolute atomic E-state index is 0.0454. The molecule has 1 atom stereocenters. The van der Waals surface area contributed by atoms with E-state index in [1.54, 1.807) is 48.5 Å². The third kappa shape index (κ3) is 6.43. The number of nitrogens with zero attached hydrogens (tertiary/aromatic N) is 2. The van der Waals surface area contributed by atoms with E-state index in [-0.39, 0.29) is 36.5 Å². The van der Waals surface area contributed by atoms with Gasteiger partial charge < -0.3 is 14.8 Å². The van der Waals surface area contributed by atoms with Gasteiger partial charge in [0.15, 0.2) is 5.78 Å². The molecule has 10 heteroatoms. The van der Waals surface area contributed by atoms with E-state index < -0.39 is 18.0 Å². The first-order chi connectivity index (χ1) is 16.0. The van der Waals surface area contributed by atoms with Crippen LogP contribution in [0.5, 0.6) is 0 Å². The number of aromatic nitrogens is 2. The number of ketones is 1. The van der Waals surface area contributed by atoms with Crippen LogP contribution in [0.1, 0.15) is 61.0 Å². The highest BCUT2D eigenvalue weighted by Gasteiger charge is 2.38. The molecule has 2 aromatic carbocycles. The number of aliphatic carboxylic acids is 1. The number of rotatable bonds is 10. The van der Waals surface area contributed by atoms with Gasteiger partial charge in [-0.1, -0.05) is 26.0 Å². The maximum absolute atomic E-state index is 12.7. The number of carboxylic acid groups (broad SMARTS) is 1. The quantitative estimate of drug-likeness (QED) is 0.346. The number of Topliss-reactive ketones (excluding diaryl/α,β-unsaturated/α-hetero) is 1. The summed E-state index contributed by atoms with van der Waals surface area (Å²) in [6, 6.07) is 13.7. The van der Waals surface area contributed by atoms with E-state index in [0.717, 1.165) is 11.3 Å². The lowest BCUT2D eigenvalue weighted by Gasteiger charge is -2.24. The monoisotopic (exact) mass is 475 g/mol. The molecule has 0 fully saturated rings. The number of hydrogen-bond acceptors (Lipinski definition) is 6. The number of alkyl halides is 3. The third-order valence-corrected chi connectivity index (χ3v) is 5.17. The van der Waals surface area contributed by atoms with E-state index in [0.29, 0.717) is 17.5 Å². The van der Waals surface area contributed by atoms with Gasteiger partial charge in [0.25, 0.3) is 0 Å². The van der Waals surface area contributed by atoms with Crippen LogP contribution in [0.15, 0.2) is 52.9 Å². The minimum atomic E-state index is -4.70. The molecule has 1 aromatic heterocycles. The first kappa shape index (κ1) is 24.9. The van der Waals surface area contributed by atoms with Crippen molar-refractivity contribution in [2.45, 2.75) is 45.3 Å². The number of carbonyl (C=O) groups excluding carboxylic acids is 1. The van der Waals surface area contributed by atoms with Crippen molar-refractivity contribution in [1.82, 2.24) is 10.2 Å². The lowest BCUT2D eigenvalue weighted by molar-refractivity contribution is -0.157. The summed E-state index contributed by atoms with van der Waals surface area (Å²) in [6.45, 7) is 4.05. The standard InChI is InChI=1S/C24H24F3N3O4/c1-14(2)21(28-18-12-10-15(11-13-18)19(31)4-3-5-20(32)33)16-6-8-17(9-7-16)22-29-30-23(34-22)24(25,26)27/h6-14,21,28H,3-5H2,1-2H3,(H,32,33)/t21-/m1/s1. The van der Waals surface area contributed by atoms with Gasteiger partial charge in [-0.25, -0.2) is 0 Å². The molecule has 0 spiro atoms. The van der Waals surface area contributed by atoms with Gasteiger partial charge in [-0.15, -0.1) is 10.2 Å². The molecule has 0 aliphatic carbocycles. The molecular weight excluding hydrogens is 451 g/mol. The highest BCUT2D eigenvalue weighted by atomic mass is 19.4. The molecule has 3 aromatic rings. The lowest BCUT2D eigenvalue weighted by atomic mass is 9.94. The van der Waals surface area contributed by atoms with Crippen molar-refractivity contribution >= 4 is 17.4 Å². The number of hydrogen-bond donors (Lipinski definition) is 2. The van der Waals surface area contributed by atoms with E-state index in [1.807, 2.05) is 13.8 Å². The summed E-state index contributed by atoms with van der Waals surface area (Å²) in [5.41, 5.74) is 2.58. The number of benzene rings is 2. The fourth-order valence-corrected chi connectivity index (χ4v) is 3.40. The first-order valence-corrected chi connectivity index (χ1v) is 10.7. The summed E-state index contributed by atoms with van der Waals surface area (Å²) in [5.74, 6) is -2.47. The van der Waals surface area contributed by atoms with Gasteiger partial charge in [0.1, 0.15) is 0 Å². The second-order valence-corrected chi connectivity index (χ2v) is 8.15. The number of halogens is 3. The van der Waals surface area contributed by atoms with Gasteiger partial charge in [-0.3, -0.25) is 9.59 Å². The Morgan fingerprint density at radius 1 is 1.00 bits per heavy atom. The number of anilines is 1. The normalized spacial score (nSPS) is 12.5. The van der Waals surface area contributed by atoms with Crippen molar-refractivity contribution in [2.75, 3.05) is 5.32 Å². The summed E-state index contributed by atoms with van der Waals surface area (Å²) >= 11 is 0. The smallest absolute Gasteiger partial charge is 0.470 e. The molecule has 180 valence electrons. The van der Waals surface area contributed by atoms with Gasteiger partial charge in [0, 0.05) is 29.7 Å². The summed E-state index contributed by atoms with van der Waals surface area (Å²) in [6.07, 6.45) is -4.28. The van der Waals surface area contributed by atoms with E-state index in [2.05, 4.69) is 15.5 Å². The Kier molecular flexibility index (Phi) is 7.70. The molecule has 0 unspecified atom stereocenters. The van der Waals surface area contributed by atoms with Crippen LogP contribution in [-0.4, -0.2) is 27.1 Å². The number of nitrogens with one attached hydrogen (secondary N) is 1. The zero-order valence-electron chi connectivity index (χ0n) is 18.6. The van der Waals surface area contributed by atoms with Crippen molar-refractivity contribution in [3.63, 3.8) is 0 Å². The average molecular weight is 475 g/mol. The number of carboxylic acids is 1. The van der Waals surface area contributed by atoms with E-state index >= 15 is 0 Å². The zero-order valence-corrected chi connectivity index (χ0v) is 18.6. The molecule has 34 heavy (non-hydrogen) atoms. The molecule has 0 saturated heterocycles. The van der Waals surface area contributed by atoms with Crippen LogP contribution in [0, 0.1) is 5.92 Å². The van der Waals surface area contributed by atoms with Crippen molar-refractivity contribution in [1.29, 1.82) is 0 Å². The molecule has 3 rings (SSSR count). The van der Waals surface area contributed by atoms with E-state index in [4.69, 9.17) is 9.52 Å². The molecule has 0 saturated carbocycles. The SMILES string of the molecule is CC(C)[C@@H](Nc1ccc(C(=O)CCCC(=O)O)cc1)c1ccc(-c2nnc(C(F)(F)F)o2)cc1. The predicted octanol–water partition coefficient (Wildman–Crippen LogP) is 6.00. The van der Waals surface area contributed by atoms with E-state index in [1.165, 1.54) is 0 Å². The molecule has 1 heterocycles. The Morgan fingerprint density at radius 2 is 1.65 bits per heavy atom. The minimum Gasteiger partial charge on any atom is -0.481 e. The number of carbonyl (C=O) groups is 2. The van der Waals surface area contributed by atoms with Gasteiger partial charge in [0.2, 0.25) is 5.89 Å². The second-order valence-electron chi connectivity index (χ2n) is 8.15. The third-order valence-electron chi connectivity index (χ3n) is 5.17. The Bertz CT molecular complexity index is 1120. The van der Waals surface area contributed by atoms with Crippen molar-refractivity contribution in [3.05, 3.63) is 65.5 Å². The van der Waals surface area contributed by atoms with Gasteiger partial charge in [0.05, 0.1) is 6.04 Å². The van der Waals surface area contributed by atoms with Crippen LogP contribution in [0.3, 0.4) is 0 Å². The summed E-state index contributed by atoms with van der Waals surface area (Å²) in [7, 11) is 0. The Hall–Kier alpha value is -3.69. The Labute approximate surface area is 194 Å². The molecule has 0 bridgehead atoms. The molecule has 0 aliphatic heterocycles. The summed E-state index contributed by atoms with van der Waals surface area (Å²) < 4.78 is 42.8. The second kappa shape index (κ2) is 10.5. The molecule has 0 amide bonds. The Morgan fingerprint density at radius 3 is 2.18 bits per heavy atom. The predicted molar refractivity (Wildman–Crippen MR) is 118 cm³/mol. The van der Waals surface area contributed by atoms with Gasteiger partial charge in [-0.2, -0.15) is 13.2 Å². The average Bonchev–Trinajstić information content (AvgIpc) is 3.28. The molecule has 0 radical (unpaired) electrons. The fraction of sp³-hybridized carbons (Fsp3) is 0.333. The van der Waals surface area contributed by atoms with Crippen molar-refractivity contribution in [2.24, 2.45) is 5.92 Å². The summed E-state index contributed by atoms with van der Waals surface area (Å²) in [5, 5.41) is 18.6. The maximum atomic E-state index is 12.7. The van der Waals surface area contributed by atoms with Crippen LogP contribution in [0.25, 0.3) is 11.5 Å². The van der Waals surface area contributed by atoms with Crippen LogP contribution >= 0.6 is 0 Å². The highest BCUT2D eigenvalue weighted by Crippen LogP contribution is 2.32. The highest BCUT2D eigenvalue weighted by molar-refractivity contribution is 5.96. The van der Waals surface area contributed by atoms with E-state index in [9.17, 15) is 22.8 Å². The van der Waals surface area contributed by atoms with Crippen LogP contribution in [0.2, 0.25) is 0 Å². The molecule has 7 nitrogen and oxygen atoms in total. The molecular formula is C24H24F3N3O4. The van der Waals surface area contributed by atoms with Crippen molar-refractivity contribution in [3.8, 4) is 11.5 Å². The summed E-state index contributed by atoms with van der Waals surface area (Å²) in [4.78, 5) is 22.8. The fourth-order valence-electron chi connectivity index (χ4n) is 3.40. The van der Waals surface area contributed by atoms with Crippen molar-refractivity contribution < 1.29 is 32.3 Å². The van der Waals surface area contributed by atoms with Gasteiger partial charge >= 0.3 is 18.0 Å². The molecule has 2 N–H and O–H groups in total. The maximum Gasteiger partial charge on any atom is 0.470 e. The van der Waals surface area contributed by atoms with Crippen LogP contribution in [-0.2, 0) is 11.0 Å². The van der Waals surface area contributed by atoms with Gasteiger partial charge in [-0.05, 0) is 54.3 Å². The Balaban J connectivity index is 1.69.